The predicted molar refractivity (Wildman–Crippen MR) is 101 cm³/mol. The predicted octanol–water partition coefficient (Wildman–Crippen LogP) is 3.03. The van der Waals surface area contributed by atoms with Gasteiger partial charge in [0, 0.05) is 16.2 Å². The molecule has 4 N–H and O–H groups in total. The Bertz CT molecular complexity index is 703. The molecule has 0 fully saturated rings. The summed E-state index contributed by atoms with van der Waals surface area (Å²) in [7, 11) is 0. The lowest BCUT2D eigenvalue weighted by atomic mass is 10.0. The highest BCUT2D eigenvalue weighted by Gasteiger charge is 2.23. The average molecular weight is 347 g/mol. The quantitative estimate of drug-likeness (QED) is 0.843. The summed E-state index contributed by atoms with van der Waals surface area (Å²) in [6.45, 7) is 5.59. The molecule has 2 aromatic heterocycles. The third-order valence-corrected chi connectivity index (χ3v) is 6.13. The number of thiophene rings is 2. The van der Waals surface area contributed by atoms with Gasteiger partial charge in [0.2, 0.25) is 0 Å². The zero-order chi connectivity index (χ0) is 16.4. The standard InChI is InChI=1S/C17H22N4S2/c1-10-7-12(3-5-18)16(22-10)14-9-15(21-20-14)17-13(4-6-19)8-11(2)23-17/h7-8H,3-6,9,18-19H2,1-2H3. The van der Waals surface area contributed by atoms with Crippen molar-refractivity contribution in [3.8, 4) is 0 Å². The Morgan fingerprint density at radius 3 is 1.70 bits per heavy atom. The fraction of sp³-hybridized carbons (Fsp3) is 0.412. The van der Waals surface area contributed by atoms with Crippen LogP contribution in [-0.4, -0.2) is 24.5 Å². The van der Waals surface area contributed by atoms with Crippen LogP contribution in [0.3, 0.4) is 0 Å². The van der Waals surface area contributed by atoms with Gasteiger partial charge >= 0.3 is 0 Å². The minimum atomic E-state index is 0.662. The molecule has 0 amide bonds. The number of rotatable bonds is 6. The van der Waals surface area contributed by atoms with Crippen molar-refractivity contribution in [1.29, 1.82) is 0 Å². The molecule has 23 heavy (non-hydrogen) atoms. The molecule has 0 radical (unpaired) electrons. The first-order chi connectivity index (χ1) is 11.1. The highest BCUT2D eigenvalue weighted by molar-refractivity contribution is 7.15. The van der Waals surface area contributed by atoms with Crippen LogP contribution < -0.4 is 11.5 Å². The van der Waals surface area contributed by atoms with E-state index in [0.29, 0.717) is 13.1 Å². The molecule has 4 nitrogen and oxygen atoms in total. The van der Waals surface area contributed by atoms with Gasteiger partial charge in [0.25, 0.3) is 0 Å². The van der Waals surface area contributed by atoms with E-state index in [1.807, 2.05) is 0 Å². The Hall–Kier alpha value is -1.34. The van der Waals surface area contributed by atoms with Crippen molar-refractivity contribution in [2.75, 3.05) is 13.1 Å². The first kappa shape index (κ1) is 16.5. The van der Waals surface area contributed by atoms with Crippen LogP contribution in [-0.2, 0) is 12.8 Å². The summed E-state index contributed by atoms with van der Waals surface area (Å²) in [4.78, 5) is 5.10. The van der Waals surface area contributed by atoms with E-state index < -0.39 is 0 Å². The van der Waals surface area contributed by atoms with Gasteiger partial charge in [-0.3, -0.25) is 0 Å². The average Bonchev–Trinajstić information content (AvgIpc) is 3.19. The second kappa shape index (κ2) is 7.05. The molecule has 0 unspecified atom stereocenters. The number of hydrogen-bond acceptors (Lipinski definition) is 6. The van der Waals surface area contributed by atoms with Gasteiger partial charge in [0.15, 0.2) is 0 Å². The lowest BCUT2D eigenvalue weighted by Gasteiger charge is -2.04. The van der Waals surface area contributed by atoms with Crippen LogP contribution in [0.25, 0.3) is 0 Å². The molecule has 0 aliphatic carbocycles. The number of nitrogens with zero attached hydrogens (tertiary/aromatic N) is 2. The van der Waals surface area contributed by atoms with E-state index in [2.05, 4.69) is 36.2 Å². The van der Waals surface area contributed by atoms with E-state index in [1.54, 1.807) is 22.7 Å². The number of hydrogen-bond donors (Lipinski definition) is 2. The minimum Gasteiger partial charge on any atom is -0.330 e. The van der Waals surface area contributed by atoms with Crippen molar-refractivity contribution in [1.82, 2.24) is 0 Å². The SMILES string of the molecule is Cc1cc(CCN)c(C2=NN=C(c3sc(C)cc3CCN)C2)s1. The van der Waals surface area contributed by atoms with Crippen molar-refractivity contribution in [2.24, 2.45) is 21.7 Å². The van der Waals surface area contributed by atoms with E-state index in [9.17, 15) is 0 Å². The highest BCUT2D eigenvalue weighted by Crippen LogP contribution is 2.30. The van der Waals surface area contributed by atoms with Crippen molar-refractivity contribution in [3.05, 3.63) is 42.8 Å². The van der Waals surface area contributed by atoms with E-state index in [4.69, 9.17) is 11.5 Å². The van der Waals surface area contributed by atoms with Crippen LogP contribution in [0.5, 0.6) is 0 Å². The largest absolute Gasteiger partial charge is 0.330 e. The second-order valence-corrected chi connectivity index (χ2v) is 8.28. The monoisotopic (exact) mass is 346 g/mol. The van der Waals surface area contributed by atoms with Gasteiger partial charge in [-0.1, -0.05) is 0 Å². The van der Waals surface area contributed by atoms with Crippen molar-refractivity contribution >= 4 is 34.1 Å². The van der Waals surface area contributed by atoms with Gasteiger partial charge in [-0.05, 0) is 63.0 Å². The van der Waals surface area contributed by atoms with E-state index in [-0.39, 0.29) is 0 Å². The Labute approximate surface area is 144 Å². The molecule has 0 saturated heterocycles. The summed E-state index contributed by atoms with van der Waals surface area (Å²) < 4.78 is 0. The Balaban J connectivity index is 1.83. The van der Waals surface area contributed by atoms with Gasteiger partial charge in [0.05, 0.1) is 21.2 Å². The lowest BCUT2D eigenvalue weighted by Crippen LogP contribution is -2.10. The summed E-state index contributed by atoms with van der Waals surface area (Å²) >= 11 is 3.58. The van der Waals surface area contributed by atoms with Crippen LogP contribution in [0, 0.1) is 13.8 Å². The Morgan fingerprint density at radius 1 is 0.870 bits per heavy atom. The third-order valence-electron chi connectivity index (χ3n) is 3.84. The van der Waals surface area contributed by atoms with E-state index in [0.717, 1.165) is 30.7 Å². The van der Waals surface area contributed by atoms with Crippen LogP contribution >= 0.6 is 22.7 Å². The molecule has 1 aliphatic heterocycles. The zero-order valence-electron chi connectivity index (χ0n) is 13.6. The van der Waals surface area contributed by atoms with Gasteiger partial charge in [-0.25, -0.2) is 0 Å². The molecule has 6 heteroatoms. The normalized spacial score (nSPS) is 14.3. The van der Waals surface area contributed by atoms with Crippen LogP contribution in [0.4, 0.5) is 0 Å². The van der Waals surface area contributed by atoms with Gasteiger partial charge in [-0.2, -0.15) is 10.2 Å². The zero-order valence-corrected chi connectivity index (χ0v) is 15.2. The molecule has 0 atom stereocenters. The molecule has 0 aromatic carbocycles. The summed E-state index contributed by atoms with van der Waals surface area (Å²) in [6, 6.07) is 4.45. The fourth-order valence-electron chi connectivity index (χ4n) is 2.91. The van der Waals surface area contributed by atoms with Crippen molar-refractivity contribution in [2.45, 2.75) is 33.1 Å². The third kappa shape index (κ3) is 3.45. The maximum Gasteiger partial charge on any atom is 0.0865 e. The van der Waals surface area contributed by atoms with Crippen LogP contribution in [0.1, 0.15) is 37.1 Å². The molecular weight excluding hydrogens is 324 g/mol. The van der Waals surface area contributed by atoms with Gasteiger partial charge in [-0.15, -0.1) is 22.7 Å². The summed E-state index contributed by atoms with van der Waals surface area (Å²) in [5, 5.41) is 8.96. The molecule has 2 aromatic rings. The minimum absolute atomic E-state index is 0.662. The summed E-state index contributed by atoms with van der Waals surface area (Å²) in [5.74, 6) is 0. The van der Waals surface area contributed by atoms with E-state index in [1.165, 1.54) is 30.6 Å². The molecular formula is C17H22N4S2. The van der Waals surface area contributed by atoms with Gasteiger partial charge in [0.1, 0.15) is 0 Å². The second-order valence-electron chi connectivity index (χ2n) is 5.77. The molecule has 3 rings (SSSR count). The highest BCUT2D eigenvalue weighted by atomic mass is 32.1. The summed E-state index contributed by atoms with van der Waals surface area (Å²) in [6.07, 6.45) is 2.59. The molecule has 122 valence electrons. The van der Waals surface area contributed by atoms with Crippen molar-refractivity contribution in [3.63, 3.8) is 0 Å². The smallest absolute Gasteiger partial charge is 0.0865 e. The van der Waals surface area contributed by atoms with E-state index >= 15 is 0 Å². The first-order valence-electron chi connectivity index (χ1n) is 7.85. The molecule has 0 bridgehead atoms. The summed E-state index contributed by atoms with van der Waals surface area (Å²) in [5.41, 5.74) is 16.2. The molecule has 0 spiro atoms. The maximum atomic E-state index is 5.74. The van der Waals surface area contributed by atoms with Gasteiger partial charge < -0.3 is 11.5 Å². The van der Waals surface area contributed by atoms with Crippen LogP contribution in [0.15, 0.2) is 22.3 Å². The molecule has 1 aliphatic rings. The van der Waals surface area contributed by atoms with Crippen LogP contribution in [0.2, 0.25) is 0 Å². The Morgan fingerprint density at radius 2 is 1.30 bits per heavy atom. The number of nitrogens with two attached hydrogens (primary N) is 2. The topological polar surface area (TPSA) is 76.8 Å². The fourth-order valence-corrected chi connectivity index (χ4v) is 5.00. The lowest BCUT2D eigenvalue weighted by molar-refractivity contribution is 0.971. The number of aryl methyl sites for hydroxylation is 2. The first-order valence-corrected chi connectivity index (χ1v) is 9.48. The molecule has 3 heterocycles. The maximum absolute atomic E-state index is 5.74. The Kier molecular flexibility index (Phi) is 5.06. The van der Waals surface area contributed by atoms with Crippen molar-refractivity contribution < 1.29 is 0 Å². The molecule has 0 saturated carbocycles.